The van der Waals surface area contributed by atoms with E-state index >= 15 is 0 Å². The first-order valence-electron chi connectivity index (χ1n) is 8.60. The van der Waals surface area contributed by atoms with E-state index in [0.717, 1.165) is 11.3 Å². The van der Waals surface area contributed by atoms with Crippen LogP contribution in [0.25, 0.3) is 0 Å². The Hall–Kier alpha value is -3.29. The van der Waals surface area contributed by atoms with Crippen LogP contribution in [0, 0.1) is 11.8 Å². The number of allylic oxidation sites excluding steroid dienone is 5. The van der Waals surface area contributed by atoms with Gasteiger partial charge in [-0.1, -0.05) is 42.0 Å². The summed E-state index contributed by atoms with van der Waals surface area (Å²) in [6.07, 6.45) is 11.1. The van der Waals surface area contributed by atoms with Crippen molar-refractivity contribution in [3.63, 3.8) is 0 Å². The maximum absolute atomic E-state index is 12.4. The van der Waals surface area contributed by atoms with Crippen LogP contribution >= 0.6 is 0 Å². The van der Waals surface area contributed by atoms with E-state index in [4.69, 9.17) is 5.73 Å². The molecule has 3 atom stereocenters. The molecule has 0 aromatic rings. The molecule has 8 heteroatoms. The summed E-state index contributed by atoms with van der Waals surface area (Å²) in [5, 5.41) is 11.7. The van der Waals surface area contributed by atoms with E-state index in [-0.39, 0.29) is 35.9 Å². The van der Waals surface area contributed by atoms with Crippen LogP contribution < -0.4 is 11.1 Å². The van der Waals surface area contributed by atoms with Gasteiger partial charge in [-0.3, -0.25) is 10.1 Å². The third-order valence-electron chi connectivity index (χ3n) is 4.58. The van der Waals surface area contributed by atoms with Gasteiger partial charge in [-0.2, -0.15) is 4.99 Å². The highest BCUT2D eigenvalue weighted by Gasteiger charge is 2.29. The Labute approximate surface area is 156 Å². The lowest BCUT2D eigenvalue weighted by atomic mass is 9.88. The van der Waals surface area contributed by atoms with Crippen molar-refractivity contribution < 1.29 is 14.7 Å². The number of carboxylic acids is 1. The molecule has 2 aliphatic carbocycles. The molecule has 3 rings (SSSR count). The van der Waals surface area contributed by atoms with Crippen molar-refractivity contribution in [2.45, 2.75) is 26.3 Å². The molecule has 27 heavy (non-hydrogen) atoms. The Morgan fingerprint density at radius 1 is 1.37 bits per heavy atom. The quantitative estimate of drug-likeness (QED) is 0.502. The molecule has 0 radical (unpaired) electrons. The van der Waals surface area contributed by atoms with E-state index in [1.807, 2.05) is 26.0 Å². The lowest BCUT2D eigenvalue weighted by Gasteiger charge is -2.25. The summed E-state index contributed by atoms with van der Waals surface area (Å²) in [5.74, 6) is -2.37. The minimum absolute atomic E-state index is 0.0176. The number of aliphatic imine (C=N–C) groups is 3. The third kappa shape index (κ3) is 4.11. The van der Waals surface area contributed by atoms with Crippen molar-refractivity contribution in [3.05, 3.63) is 47.6 Å². The molecule has 0 bridgehead atoms. The fourth-order valence-electron chi connectivity index (χ4n) is 3.19. The third-order valence-corrected chi connectivity index (χ3v) is 4.58. The van der Waals surface area contributed by atoms with Gasteiger partial charge < -0.3 is 10.8 Å². The minimum atomic E-state index is -1.13. The second-order valence-electron chi connectivity index (χ2n) is 6.60. The largest absolute Gasteiger partial charge is 0.478 e. The van der Waals surface area contributed by atoms with Gasteiger partial charge in [0, 0.05) is 17.2 Å². The molecule has 0 aromatic carbocycles. The van der Waals surface area contributed by atoms with Crippen molar-refractivity contribution in [2.24, 2.45) is 32.5 Å². The molecule has 3 aliphatic rings. The number of amides is 1. The fraction of sp³-hybridized carbons (Fsp3) is 0.316. The monoisotopic (exact) mass is 367 g/mol. The summed E-state index contributed by atoms with van der Waals surface area (Å²) in [5.41, 5.74) is 7.86. The summed E-state index contributed by atoms with van der Waals surface area (Å²) in [6, 6.07) is -0.0986. The number of hydrogen-bond donors (Lipinski definition) is 3. The SMILES string of the molecule is CC1=CC2C(C)=NC(N=C(N)NC(=O)C3CC=CC=C3C(=O)O)=NC2C=C1. The number of hydrogen-bond acceptors (Lipinski definition) is 5. The Kier molecular flexibility index (Phi) is 5.16. The smallest absolute Gasteiger partial charge is 0.332 e. The average molecular weight is 367 g/mol. The zero-order chi connectivity index (χ0) is 19.6. The number of carbonyl (C=O) groups is 2. The lowest BCUT2D eigenvalue weighted by molar-refractivity contribution is -0.135. The molecule has 0 aromatic heterocycles. The van der Waals surface area contributed by atoms with Gasteiger partial charge in [0.1, 0.15) is 0 Å². The first kappa shape index (κ1) is 18.5. The van der Waals surface area contributed by atoms with Crippen molar-refractivity contribution in [2.75, 3.05) is 0 Å². The van der Waals surface area contributed by atoms with E-state index in [2.05, 4.69) is 26.4 Å². The van der Waals surface area contributed by atoms with Crippen LogP contribution in [-0.2, 0) is 9.59 Å². The van der Waals surface area contributed by atoms with Crippen molar-refractivity contribution >= 4 is 29.5 Å². The topological polar surface area (TPSA) is 130 Å². The number of rotatable bonds is 2. The number of nitrogens with one attached hydrogen (secondary N) is 1. The molecule has 0 saturated carbocycles. The Morgan fingerprint density at radius 3 is 2.89 bits per heavy atom. The molecular weight excluding hydrogens is 346 g/mol. The van der Waals surface area contributed by atoms with Crippen LogP contribution in [0.3, 0.4) is 0 Å². The fourth-order valence-corrected chi connectivity index (χ4v) is 3.19. The van der Waals surface area contributed by atoms with Crippen LogP contribution in [0.5, 0.6) is 0 Å². The van der Waals surface area contributed by atoms with Crippen LogP contribution in [0.4, 0.5) is 0 Å². The first-order chi connectivity index (χ1) is 12.8. The maximum atomic E-state index is 12.4. The zero-order valence-electron chi connectivity index (χ0n) is 15.1. The van der Waals surface area contributed by atoms with Gasteiger partial charge in [-0.05, 0) is 20.3 Å². The Bertz CT molecular complexity index is 889. The van der Waals surface area contributed by atoms with Crippen molar-refractivity contribution in [1.29, 1.82) is 0 Å². The molecule has 1 amide bonds. The number of nitrogens with zero attached hydrogens (tertiary/aromatic N) is 3. The van der Waals surface area contributed by atoms with Crippen LogP contribution in [0.1, 0.15) is 20.3 Å². The molecule has 140 valence electrons. The number of fused-ring (bicyclic) bond motifs is 1. The lowest BCUT2D eigenvalue weighted by Crippen LogP contribution is -2.42. The van der Waals surface area contributed by atoms with Gasteiger partial charge in [-0.15, -0.1) is 0 Å². The normalized spacial score (nSPS) is 27.0. The zero-order valence-corrected chi connectivity index (χ0v) is 15.1. The number of guanidine groups is 2. The minimum Gasteiger partial charge on any atom is -0.478 e. The second kappa shape index (κ2) is 7.53. The summed E-state index contributed by atoms with van der Waals surface area (Å²) >= 11 is 0. The highest BCUT2D eigenvalue weighted by atomic mass is 16.4. The summed E-state index contributed by atoms with van der Waals surface area (Å²) in [4.78, 5) is 36.6. The van der Waals surface area contributed by atoms with Gasteiger partial charge in [0.05, 0.1) is 12.0 Å². The molecule has 0 fully saturated rings. The van der Waals surface area contributed by atoms with Crippen molar-refractivity contribution in [1.82, 2.24) is 5.32 Å². The van der Waals surface area contributed by atoms with Gasteiger partial charge >= 0.3 is 5.97 Å². The van der Waals surface area contributed by atoms with E-state index in [9.17, 15) is 14.7 Å². The Balaban J connectivity index is 1.72. The van der Waals surface area contributed by atoms with Crippen LogP contribution in [0.15, 0.2) is 62.6 Å². The van der Waals surface area contributed by atoms with E-state index in [1.54, 1.807) is 12.2 Å². The number of aliphatic carboxylic acids is 1. The first-order valence-corrected chi connectivity index (χ1v) is 8.60. The predicted octanol–water partition coefficient (Wildman–Crippen LogP) is 1.34. The average Bonchev–Trinajstić information content (AvgIpc) is 2.62. The summed E-state index contributed by atoms with van der Waals surface area (Å²) in [6.45, 7) is 3.92. The number of carboxylic acid groups (broad SMARTS) is 1. The number of carbonyl (C=O) groups excluding carboxylic acids is 1. The highest BCUT2D eigenvalue weighted by Crippen LogP contribution is 2.25. The number of nitrogens with two attached hydrogens (primary N) is 1. The van der Waals surface area contributed by atoms with Gasteiger partial charge in [0.15, 0.2) is 0 Å². The molecule has 8 nitrogen and oxygen atoms in total. The van der Waals surface area contributed by atoms with E-state index < -0.39 is 17.8 Å². The van der Waals surface area contributed by atoms with Gasteiger partial charge in [0.25, 0.3) is 0 Å². The van der Waals surface area contributed by atoms with Gasteiger partial charge in [-0.25, -0.2) is 14.8 Å². The molecule has 0 saturated heterocycles. The van der Waals surface area contributed by atoms with E-state index in [0.29, 0.717) is 0 Å². The van der Waals surface area contributed by atoms with Crippen molar-refractivity contribution in [3.8, 4) is 0 Å². The predicted molar refractivity (Wildman–Crippen MR) is 103 cm³/mol. The second-order valence-corrected chi connectivity index (χ2v) is 6.60. The maximum Gasteiger partial charge on any atom is 0.332 e. The standard InChI is InChI=1S/C19H21N5O3/c1-10-7-8-15-14(9-10)11(2)21-19(22-15)24-18(20)23-16(25)12-5-3-4-6-13(12)17(26)27/h3-4,6-9,12,14-15H,5H2,1-2H3,(H,26,27)(H3,20,22,23,24,25). The molecule has 1 heterocycles. The molecular formula is C19H21N5O3. The molecule has 0 spiro atoms. The summed E-state index contributed by atoms with van der Waals surface area (Å²) in [7, 11) is 0. The molecule has 4 N–H and O–H groups in total. The van der Waals surface area contributed by atoms with Gasteiger partial charge in [0.2, 0.25) is 17.8 Å². The Morgan fingerprint density at radius 2 is 2.15 bits per heavy atom. The van der Waals surface area contributed by atoms with E-state index in [1.165, 1.54) is 6.08 Å². The molecule has 1 aliphatic heterocycles. The van der Waals surface area contributed by atoms with Crippen LogP contribution in [0.2, 0.25) is 0 Å². The van der Waals surface area contributed by atoms with Crippen LogP contribution in [-0.4, -0.2) is 40.7 Å². The highest BCUT2D eigenvalue weighted by molar-refractivity contribution is 6.08. The summed E-state index contributed by atoms with van der Waals surface area (Å²) < 4.78 is 0. The molecule has 3 unspecified atom stereocenters.